The Morgan fingerprint density at radius 2 is 1.79 bits per heavy atom. The predicted molar refractivity (Wildman–Crippen MR) is 113 cm³/mol. The zero-order chi connectivity index (χ0) is 20.2. The fraction of sp³-hybridized carbons (Fsp3) is 0.318. The quantitative estimate of drug-likeness (QED) is 0.595. The van der Waals surface area contributed by atoms with Gasteiger partial charge in [-0.1, -0.05) is 30.3 Å². The van der Waals surface area contributed by atoms with Crippen LogP contribution in [0, 0.1) is 0 Å². The van der Waals surface area contributed by atoms with Gasteiger partial charge in [0, 0.05) is 6.42 Å². The summed E-state index contributed by atoms with van der Waals surface area (Å²) in [4.78, 5) is 12.4. The van der Waals surface area contributed by atoms with E-state index in [1.54, 1.807) is 14.2 Å². The first-order valence-corrected chi connectivity index (χ1v) is 10.5. The zero-order valence-electron chi connectivity index (χ0n) is 16.5. The predicted octanol–water partition coefficient (Wildman–Crippen LogP) is 4.56. The van der Waals surface area contributed by atoms with E-state index < -0.39 is 0 Å². The third kappa shape index (κ3) is 4.00. The lowest BCUT2D eigenvalue weighted by Crippen LogP contribution is -2.21. The van der Waals surface area contributed by atoms with Gasteiger partial charge in [-0.25, -0.2) is 0 Å². The molecule has 1 aliphatic carbocycles. The van der Waals surface area contributed by atoms with Crippen LogP contribution in [0.25, 0.3) is 17.1 Å². The van der Waals surface area contributed by atoms with Crippen LogP contribution in [0.5, 0.6) is 11.5 Å². The highest BCUT2D eigenvalue weighted by Crippen LogP contribution is 2.37. The molecule has 0 radical (unpaired) electrons. The molecule has 0 N–H and O–H groups in total. The third-order valence-electron chi connectivity index (χ3n) is 5.06. The van der Waals surface area contributed by atoms with Crippen LogP contribution in [0.2, 0.25) is 0 Å². The molecule has 29 heavy (non-hydrogen) atoms. The summed E-state index contributed by atoms with van der Waals surface area (Å²) >= 11 is 1.50. The van der Waals surface area contributed by atoms with Crippen LogP contribution in [0.1, 0.15) is 25.7 Å². The van der Waals surface area contributed by atoms with Crippen molar-refractivity contribution in [2.45, 2.75) is 36.1 Å². The monoisotopic (exact) mass is 409 g/mol. The molecule has 6 nitrogen and oxygen atoms in total. The lowest BCUT2D eigenvalue weighted by Gasteiger charge is -2.20. The number of methoxy groups -OCH3 is 2. The van der Waals surface area contributed by atoms with E-state index in [0.717, 1.165) is 42.0 Å². The molecule has 4 rings (SSSR count). The highest BCUT2D eigenvalue weighted by molar-refractivity contribution is 8.00. The van der Waals surface area contributed by atoms with Crippen molar-refractivity contribution in [1.29, 1.82) is 0 Å². The maximum atomic E-state index is 12.4. The van der Waals surface area contributed by atoms with E-state index in [4.69, 9.17) is 9.47 Å². The van der Waals surface area contributed by atoms with Crippen molar-refractivity contribution >= 4 is 17.5 Å². The Bertz CT molecular complexity index is 1000. The van der Waals surface area contributed by atoms with Crippen LogP contribution in [0.3, 0.4) is 0 Å². The number of nitrogens with zero attached hydrogens (tertiary/aromatic N) is 3. The average Bonchev–Trinajstić information content (AvgIpc) is 3.18. The Labute approximate surface area is 174 Å². The molecule has 150 valence electrons. The van der Waals surface area contributed by atoms with Crippen LogP contribution in [-0.4, -0.2) is 40.0 Å². The maximum absolute atomic E-state index is 12.4. The number of thioether (sulfide) groups is 1. The van der Waals surface area contributed by atoms with E-state index in [0.29, 0.717) is 23.2 Å². The molecule has 1 saturated carbocycles. The van der Waals surface area contributed by atoms with Gasteiger partial charge in [-0.05, 0) is 49.2 Å². The Morgan fingerprint density at radius 1 is 1.00 bits per heavy atom. The summed E-state index contributed by atoms with van der Waals surface area (Å²) in [5, 5.41) is 9.56. The number of benzene rings is 2. The minimum Gasteiger partial charge on any atom is -0.497 e. The van der Waals surface area contributed by atoms with Crippen molar-refractivity contribution in [3.8, 4) is 28.6 Å². The molecule has 0 unspecified atom stereocenters. The van der Waals surface area contributed by atoms with Crippen molar-refractivity contribution in [2.75, 3.05) is 14.2 Å². The highest BCUT2D eigenvalue weighted by atomic mass is 32.2. The van der Waals surface area contributed by atoms with E-state index in [9.17, 15) is 4.79 Å². The summed E-state index contributed by atoms with van der Waals surface area (Å²) in [6.07, 6.45) is 3.57. The number of hydrogen-bond acceptors (Lipinski definition) is 6. The SMILES string of the molecule is COc1ccc(-n2c(S[C@@H]3CCCCC3=O)nnc2-c2ccccc2OC)cc1. The Kier molecular flexibility index (Phi) is 5.85. The number of carbonyl (C=O) groups excluding carboxylic acids is 1. The highest BCUT2D eigenvalue weighted by Gasteiger charge is 2.27. The molecule has 7 heteroatoms. The number of ketones is 1. The van der Waals surface area contributed by atoms with Gasteiger partial charge in [0.25, 0.3) is 0 Å². The van der Waals surface area contributed by atoms with Crippen molar-refractivity contribution < 1.29 is 14.3 Å². The second-order valence-electron chi connectivity index (χ2n) is 6.86. The van der Waals surface area contributed by atoms with E-state index >= 15 is 0 Å². The number of carbonyl (C=O) groups is 1. The molecule has 1 heterocycles. The molecule has 0 spiro atoms. The topological polar surface area (TPSA) is 66.2 Å². The average molecular weight is 410 g/mol. The molecule has 2 aromatic carbocycles. The lowest BCUT2D eigenvalue weighted by molar-refractivity contribution is -0.119. The molecule has 0 bridgehead atoms. The molecule has 0 amide bonds. The van der Waals surface area contributed by atoms with Gasteiger partial charge in [0.15, 0.2) is 11.0 Å². The van der Waals surface area contributed by atoms with Gasteiger partial charge in [-0.2, -0.15) is 0 Å². The minimum absolute atomic E-state index is 0.0736. The first kappa shape index (κ1) is 19.5. The van der Waals surface area contributed by atoms with Crippen molar-refractivity contribution in [3.05, 3.63) is 48.5 Å². The van der Waals surface area contributed by atoms with Gasteiger partial charge in [-0.15, -0.1) is 10.2 Å². The van der Waals surface area contributed by atoms with Crippen LogP contribution in [0.15, 0.2) is 53.7 Å². The Morgan fingerprint density at radius 3 is 2.52 bits per heavy atom. The third-order valence-corrected chi connectivity index (χ3v) is 6.32. The number of Topliss-reactive ketones (excluding diaryl/α,β-unsaturated/α-hetero) is 1. The second-order valence-corrected chi connectivity index (χ2v) is 8.03. The van der Waals surface area contributed by atoms with Crippen LogP contribution < -0.4 is 9.47 Å². The molecule has 1 aromatic heterocycles. The lowest BCUT2D eigenvalue weighted by atomic mass is 9.99. The van der Waals surface area contributed by atoms with E-state index in [2.05, 4.69) is 10.2 Å². The first-order valence-electron chi connectivity index (χ1n) is 9.64. The number of rotatable bonds is 6. The van der Waals surface area contributed by atoms with Crippen LogP contribution >= 0.6 is 11.8 Å². The van der Waals surface area contributed by atoms with Gasteiger partial charge >= 0.3 is 0 Å². The molecule has 1 atom stereocenters. The van der Waals surface area contributed by atoms with Gasteiger partial charge in [0.05, 0.1) is 30.7 Å². The minimum atomic E-state index is -0.0736. The standard InChI is InChI=1S/C22H23N3O3S/c1-27-16-13-11-15(12-14-16)25-21(17-7-3-5-9-19(17)28-2)23-24-22(25)29-20-10-6-4-8-18(20)26/h3,5,7,9,11-14,20H,4,6,8,10H2,1-2H3/t20-/m1/s1. The molecule has 1 fully saturated rings. The smallest absolute Gasteiger partial charge is 0.196 e. The summed E-state index contributed by atoms with van der Waals surface area (Å²) in [6.45, 7) is 0. The van der Waals surface area contributed by atoms with E-state index in [-0.39, 0.29) is 5.25 Å². The summed E-state index contributed by atoms with van der Waals surface area (Å²) in [6, 6.07) is 15.5. The summed E-state index contributed by atoms with van der Waals surface area (Å²) in [7, 11) is 3.29. The molecular formula is C22H23N3O3S. The number of hydrogen-bond donors (Lipinski definition) is 0. The largest absolute Gasteiger partial charge is 0.497 e. The summed E-state index contributed by atoms with van der Waals surface area (Å²) in [5.41, 5.74) is 1.75. The molecule has 1 aliphatic rings. The van der Waals surface area contributed by atoms with Crippen LogP contribution in [0.4, 0.5) is 0 Å². The Hall–Kier alpha value is -2.80. The maximum Gasteiger partial charge on any atom is 0.196 e. The molecule has 0 aliphatic heterocycles. The van der Waals surface area contributed by atoms with E-state index in [1.807, 2.05) is 53.1 Å². The van der Waals surface area contributed by atoms with Gasteiger partial charge in [-0.3, -0.25) is 9.36 Å². The van der Waals surface area contributed by atoms with Gasteiger partial charge < -0.3 is 9.47 Å². The van der Waals surface area contributed by atoms with Gasteiger partial charge in [0.2, 0.25) is 0 Å². The number of ether oxygens (including phenoxy) is 2. The van der Waals surface area contributed by atoms with Crippen molar-refractivity contribution in [1.82, 2.24) is 14.8 Å². The molecule has 3 aromatic rings. The van der Waals surface area contributed by atoms with E-state index in [1.165, 1.54) is 11.8 Å². The second kappa shape index (κ2) is 8.69. The molecule has 0 saturated heterocycles. The van der Waals surface area contributed by atoms with Crippen molar-refractivity contribution in [3.63, 3.8) is 0 Å². The summed E-state index contributed by atoms with van der Waals surface area (Å²) < 4.78 is 12.8. The zero-order valence-corrected chi connectivity index (χ0v) is 17.3. The fourth-order valence-electron chi connectivity index (χ4n) is 3.52. The normalized spacial score (nSPS) is 16.6. The number of para-hydroxylation sites is 1. The molecular weight excluding hydrogens is 386 g/mol. The van der Waals surface area contributed by atoms with Crippen molar-refractivity contribution in [2.24, 2.45) is 0 Å². The summed E-state index contributed by atoms with van der Waals surface area (Å²) in [5.74, 6) is 2.47. The number of aromatic nitrogens is 3. The fourth-order valence-corrected chi connectivity index (χ4v) is 4.69. The first-order chi connectivity index (χ1) is 14.2. The Balaban J connectivity index is 1.81. The van der Waals surface area contributed by atoms with Crippen LogP contribution in [-0.2, 0) is 4.79 Å². The van der Waals surface area contributed by atoms with Gasteiger partial charge in [0.1, 0.15) is 17.3 Å².